The van der Waals surface area contributed by atoms with Gasteiger partial charge in [-0.05, 0) is 39.2 Å². The third-order valence-electron chi connectivity index (χ3n) is 3.18. The SMILES string of the molecule is CC(C)(C)OC(=O)NCC(=O)NC1CCc2cn[nH]c2C1. The first-order valence-electron chi connectivity index (χ1n) is 7.11. The van der Waals surface area contributed by atoms with Crippen molar-refractivity contribution in [1.82, 2.24) is 20.8 Å². The Morgan fingerprint density at radius 2 is 2.24 bits per heavy atom. The van der Waals surface area contributed by atoms with Crippen LogP contribution in [0, 0.1) is 0 Å². The van der Waals surface area contributed by atoms with Gasteiger partial charge in [0.15, 0.2) is 0 Å². The molecule has 1 aliphatic carbocycles. The molecule has 1 aromatic rings. The molecule has 0 aliphatic heterocycles. The molecule has 1 aliphatic rings. The van der Waals surface area contributed by atoms with Crippen molar-refractivity contribution in [3.63, 3.8) is 0 Å². The Morgan fingerprint density at radius 1 is 1.48 bits per heavy atom. The molecular formula is C14H22N4O3. The lowest BCUT2D eigenvalue weighted by molar-refractivity contribution is -0.121. The number of H-pyrrole nitrogens is 1. The fourth-order valence-electron chi connectivity index (χ4n) is 2.28. The third kappa shape index (κ3) is 4.77. The van der Waals surface area contributed by atoms with Gasteiger partial charge in [-0.25, -0.2) is 4.79 Å². The summed E-state index contributed by atoms with van der Waals surface area (Å²) in [6, 6.07) is 0.0749. The van der Waals surface area contributed by atoms with Gasteiger partial charge in [-0.15, -0.1) is 0 Å². The number of hydrogen-bond donors (Lipinski definition) is 3. The normalized spacial score (nSPS) is 17.8. The lowest BCUT2D eigenvalue weighted by atomic mass is 9.94. The number of fused-ring (bicyclic) bond motifs is 1. The molecule has 1 atom stereocenters. The minimum Gasteiger partial charge on any atom is -0.444 e. The summed E-state index contributed by atoms with van der Waals surface area (Å²) in [7, 11) is 0. The zero-order valence-corrected chi connectivity index (χ0v) is 12.7. The number of alkyl carbamates (subject to hydrolysis) is 1. The van der Waals surface area contributed by atoms with Crippen molar-refractivity contribution < 1.29 is 14.3 Å². The van der Waals surface area contributed by atoms with E-state index in [1.54, 1.807) is 20.8 Å². The molecule has 7 nitrogen and oxygen atoms in total. The van der Waals surface area contributed by atoms with Crippen molar-refractivity contribution >= 4 is 12.0 Å². The lowest BCUT2D eigenvalue weighted by Crippen LogP contribution is -2.45. The number of nitrogens with zero attached hydrogens (tertiary/aromatic N) is 1. The number of aromatic nitrogens is 2. The second kappa shape index (κ2) is 6.15. The Kier molecular flexibility index (Phi) is 4.50. The number of aryl methyl sites for hydroxylation is 1. The van der Waals surface area contributed by atoms with Gasteiger partial charge < -0.3 is 15.4 Å². The molecule has 3 N–H and O–H groups in total. The van der Waals surface area contributed by atoms with E-state index in [1.807, 2.05) is 6.20 Å². The van der Waals surface area contributed by atoms with Crippen molar-refractivity contribution in [2.45, 2.75) is 51.7 Å². The predicted octanol–water partition coefficient (Wildman–Crippen LogP) is 0.908. The Labute approximate surface area is 123 Å². The lowest BCUT2D eigenvalue weighted by Gasteiger charge is -2.23. The summed E-state index contributed by atoms with van der Waals surface area (Å²) in [6.45, 7) is 5.24. The number of aromatic amines is 1. The van der Waals surface area contributed by atoms with Gasteiger partial charge in [-0.3, -0.25) is 9.89 Å². The summed E-state index contributed by atoms with van der Waals surface area (Å²) >= 11 is 0. The van der Waals surface area contributed by atoms with Crippen molar-refractivity contribution in [2.75, 3.05) is 6.54 Å². The smallest absolute Gasteiger partial charge is 0.408 e. The van der Waals surface area contributed by atoms with Gasteiger partial charge in [0.2, 0.25) is 5.91 Å². The summed E-state index contributed by atoms with van der Waals surface area (Å²) in [5.74, 6) is -0.214. The molecule has 1 heterocycles. The number of carbonyl (C=O) groups excluding carboxylic acids is 2. The van der Waals surface area contributed by atoms with Crippen molar-refractivity contribution in [3.8, 4) is 0 Å². The third-order valence-corrected chi connectivity index (χ3v) is 3.18. The Morgan fingerprint density at radius 3 is 2.95 bits per heavy atom. The number of hydrogen-bond acceptors (Lipinski definition) is 4. The standard InChI is InChI=1S/C14H22N4O3/c1-14(2,3)21-13(20)15-8-12(19)17-10-5-4-9-7-16-18-11(9)6-10/h7,10H,4-6,8H2,1-3H3,(H,15,20)(H,16,18)(H,17,19). The first-order valence-corrected chi connectivity index (χ1v) is 7.11. The zero-order valence-electron chi connectivity index (χ0n) is 12.7. The van der Waals surface area contributed by atoms with Gasteiger partial charge >= 0.3 is 6.09 Å². The number of nitrogens with one attached hydrogen (secondary N) is 3. The second-order valence-electron chi connectivity index (χ2n) is 6.24. The molecule has 1 unspecified atom stereocenters. The summed E-state index contributed by atoms with van der Waals surface area (Å²) < 4.78 is 5.07. The van der Waals surface area contributed by atoms with Crippen LogP contribution >= 0.6 is 0 Å². The second-order valence-corrected chi connectivity index (χ2v) is 6.24. The van der Waals surface area contributed by atoms with Gasteiger partial charge in [0.05, 0.1) is 6.20 Å². The van der Waals surface area contributed by atoms with Crippen LogP contribution in [-0.4, -0.2) is 40.4 Å². The first-order chi connectivity index (χ1) is 9.83. The van der Waals surface area contributed by atoms with Crippen LogP contribution in [0.15, 0.2) is 6.20 Å². The Hall–Kier alpha value is -2.05. The molecule has 0 saturated carbocycles. The topological polar surface area (TPSA) is 96.1 Å². The van der Waals surface area contributed by atoms with E-state index in [0.717, 1.165) is 25.0 Å². The molecule has 7 heteroatoms. The van der Waals surface area contributed by atoms with Crippen LogP contribution in [0.25, 0.3) is 0 Å². The van der Waals surface area contributed by atoms with Crippen LogP contribution in [0.1, 0.15) is 38.4 Å². The molecule has 2 rings (SSSR count). The molecule has 0 saturated heterocycles. The van der Waals surface area contributed by atoms with E-state index in [0.29, 0.717) is 0 Å². The van der Waals surface area contributed by atoms with Crippen LogP contribution < -0.4 is 10.6 Å². The number of carbonyl (C=O) groups is 2. The van der Waals surface area contributed by atoms with Crippen LogP contribution in [0.3, 0.4) is 0 Å². The largest absolute Gasteiger partial charge is 0.444 e. The highest BCUT2D eigenvalue weighted by atomic mass is 16.6. The maximum absolute atomic E-state index is 11.8. The molecule has 0 radical (unpaired) electrons. The summed E-state index contributed by atoms with van der Waals surface area (Å²) in [5.41, 5.74) is 1.72. The fourth-order valence-corrected chi connectivity index (χ4v) is 2.28. The predicted molar refractivity (Wildman–Crippen MR) is 76.8 cm³/mol. The number of amides is 2. The van der Waals surface area contributed by atoms with E-state index >= 15 is 0 Å². The molecule has 0 bridgehead atoms. The zero-order chi connectivity index (χ0) is 15.5. The van der Waals surface area contributed by atoms with Crippen molar-refractivity contribution in [2.24, 2.45) is 0 Å². The highest BCUT2D eigenvalue weighted by Crippen LogP contribution is 2.18. The van der Waals surface area contributed by atoms with Crippen LogP contribution in [0.4, 0.5) is 4.79 Å². The van der Waals surface area contributed by atoms with Crippen LogP contribution in [0.2, 0.25) is 0 Å². The van der Waals surface area contributed by atoms with Crippen LogP contribution in [0.5, 0.6) is 0 Å². The molecule has 116 valence electrons. The average Bonchev–Trinajstić information content (AvgIpc) is 2.81. The van der Waals surface area contributed by atoms with Crippen LogP contribution in [-0.2, 0) is 22.4 Å². The maximum atomic E-state index is 11.8. The first kappa shape index (κ1) is 15.3. The molecule has 0 fully saturated rings. The minimum atomic E-state index is -0.586. The number of rotatable bonds is 3. The summed E-state index contributed by atoms with van der Waals surface area (Å²) in [4.78, 5) is 23.3. The highest BCUT2D eigenvalue weighted by molar-refractivity contribution is 5.82. The molecule has 0 spiro atoms. The molecule has 2 amide bonds. The summed E-state index contributed by atoms with van der Waals surface area (Å²) in [5, 5.41) is 12.3. The van der Waals surface area contributed by atoms with E-state index in [4.69, 9.17) is 4.74 Å². The van der Waals surface area contributed by atoms with Gasteiger partial charge in [0.1, 0.15) is 12.1 Å². The van der Waals surface area contributed by atoms with E-state index in [2.05, 4.69) is 20.8 Å². The van der Waals surface area contributed by atoms with Gasteiger partial charge in [-0.2, -0.15) is 5.10 Å². The molecule has 0 aromatic carbocycles. The molecule has 1 aromatic heterocycles. The highest BCUT2D eigenvalue weighted by Gasteiger charge is 2.22. The summed E-state index contributed by atoms with van der Waals surface area (Å²) in [6.07, 6.45) is 3.77. The maximum Gasteiger partial charge on any atom is 0.408 e. The Balaban J connectivity index is 1.72. The Bertz CT molecular complexity index is 519. The molecule has 21 heavy (non-hydrogen) atoms. The average molecular weight is 294 g/mol. The number of ether oxygens (including phenoxy) is 1. The monoisotopic (exact) mass is 294 g/mol. The molecular weight excluding hydrogens is 272 g/mol. The van der Waals surface area contributed by atoms with E-state index < -0.39 is 11.7 Å². The quantitative estimate of drug-likeness (QED) is 0.772. The van der Waals surface area contributed by atoms with Gasteiger partial charge in [0, 0.05) is 18.2 Å². The minimum absolute atomic E-state index is 0.0749. The van der Waals surface area contributed by atoms with Crippen molar-refractivity contribution in [1.29, 1.82) is 0 Å². The fraction of sp³-hybridized carbons (Fsp3) is 0.643. The van der Waals surface area contributed by atoms with E-state index in [9.17, 15) is 9.59 Å². The van der Waals surface area contributed by atoms with Gasteiger partial charge in [-0.1, -0.05) is 0 Å². The van der Waals surface area contributed by atoms with E-state index in [1.165, 1.54) is 5.56 Å². The van der Waals surface area contributed by atoms with Gasteiger partial charge in [0.25, 0.3) is 0 Å². The van der Waals surface area contributed by atoms with Crippen molar-refractivity contribution in [3.05, 3.63) is 17.5 Å². The van der Waals surface area contributed by atoms with E-state index in [-0.39, 0.29) is 18.5 Å².